The van der Waals surface area contributed by atoms with Crippen LogP contribution in [0.5, 0.6) is 0 Å². The molecule has 0 aromatic heterocycles. The Bertz CT molecular complexity index is 401. The first-order chi connectivity index (χ1) is 7.59. The predicted octanol–water partition coefficient (Wildman–Crippen LogP) is 2.35. The monoisotopic (exact) mass is 218 g/mol. The molecule has 86 valence electrons. The molecular formula is C13H18N2O. The first kappa shape index (κ1) is 11.0. The first-order valence-corrected chi connectivity index (χ1v) is 5.70. The van der Waals surface area contributed by atoms with Crippen LogP contribution in [-0.4, -0.2) is 19.5 Å². The Morgan fingerprint density at radius 2 is 2.06 bits per heavy atom. The van der Waals surface area contributed by atoms with Crippen molar-refractivity contribution in [1.29, 1.82) is 0 Å². The first-order valence-electron chi connectivity index (χ1n) is 5.70. The molecule has 1 heterocycles. The van der Waals surface area contributed by atoms with Crippen molar-refractivity contribution in [3.63, 3.8) is 0 Å². The van der Waals surface area contributed by atoms with Crippen molar-refractivity contribution in [2.24, 2.45) is 11.8 Å². The van der Waals surface area contributed by atoms with Crippen molar-refractivity contribution in [1.82, 2.24) is 0 Å². The maximum atomic E-state index is 12.0. The number of nitrogens with zero attached hydrogens (tertiary/aromatic N) is 1. The van der Waals surface area contributed by atoms with Crippen molar-refractivity contribution < 1.29 is 4.79 Å². The molecule has 3 nitrogen and oxygen atoms in total. The van der Waals surface area contributed by atoms with Gasteiger partial charge in [0.25, 0.3) is 0 Å². The fourth-order valence-corrected chi connectivity index (χ4v) is 2.13. The molecule has 3 heteroatoms. The van der Waals surface area contributed by atoms with Crippen LogP contribution in [0.4, 0.5) is 11.4 Å². The van der Waals surface area contributed by atoms with Gasteiger partial charge in [-0.2, -0.15) is 0 Å². The molecule has 1 unspecified atom stereocenters. The number of amides is 1. The van der Waals surface area contributed by atoms with Crippen LogP contribution in [0.25, 0.3) is 0 Å². The fourth-order valence-electron chi connectivity index (χ4n) is 2.13. The normalized spacial score (nSPS) is 20.4. The average Bonchev–Trinajstić information content (AvgIpc) is 2.37. The van der Waals surface area contributed by atoms with Crippen LogP contribution in [0.15, 0.2) is 24.3 Å². The maximum Gasteiger partial charge on any atom is 0.229 e. The molecule has 1 aliphatic rings. The molecule has 0 radical (unpaired) electrons. The van der Waals surface area contributed by atoms with Crippen LogP contribution in [0.1, 0.15) is 13.8 Å². The quantitative estimate of drug-likeness (QED) is 0.784. The van der Waals surface area contributed by atoms with E-state index < -0.39 is 0 Å². The summed E-state index contributed by atoms with van der Waals surface area (Å²) < 4.78 is 0. The van der Waals surface area contributed by atoms with Gasteiger partial charge >= 0.3 is 0 Å². The van der Waals surface area contributed by atoms with Gasteiger partial charge in [0, 0.05) is 13.6 Å². The lowest BCUT2D eigenvalue weighted by Gasteiger charge is -2.23. The van der Waals surface area contributed by atoms with E-state index in [0.29, 0.717) is 5.92 Å². The van der Waals surface area contributed by atoms with Gasteiger partial charge in [-0.25, -0.2) is 0 Å². The minimum Gasteiger partial charge on any atom is -0.372 e. The van der Waals surface area contributed by atoms with E-state index in [4.69, 9.17) is 0 Å². The number of benzene rings is 1. The topological polar surface area (TPSA) is 32.3 Å². The molecular weight excluding hydrogens is 200 g/mol. The van der Waals surface area contributed by atoms with Crippen LogP contribution in [0.3, 0.4) is 0 Å². The molecule has 0 saturated carbocycles. The van der Waals surface area contributed by atoms with Crippen LogP contribution < -0.4 is 10.2 Å². The summed E-state index contributed by atoms with van der Waals surface area (Å²) in [5.41, 5.74) is 2.01. The van der Waals surface area contributed by atoms with Gasteiger partial charge in [0.1, 0.15) is 0 Å². The van der Waals surface area contributed by atoms with Crippen LogP contribution in [0, 0.1) is 11.8 Å². The summed E-state index contributed by atoms with van der Waals surface area (Å²) in [6.07, 6.45) is 0. The van der Waals surface area contributed by atoms with Gasteiger partial charge in [0.05, 0.1) is 17.3 Å². The predicted molar refractivity (Wildman–Crippen MR) is 66.7 cm³/mol. The van der Waals surface area contributed by atoms with Gasteiger partial charge in [-0.3, -0.25) is 4.79 Å². The lowest BCUT2D eigenvalue weighted by molar-refractivity contribution is -0.120. The second-order valence-electron chi connectivity index (χ2n) is 4.74. The van der Waals surface area contributed by atoms with Crippen molar-refractivity contribution in [3.05, 3.63) is 24.3 Å². The summed E-state index contributed by atoms with van der Waals surface area (Å²) in [4.78, 5) is 14.2. The van der Waals surface area contributed by atoms with Crippen molar-refractivity contribution in [2.45, 2.75) is 13.8 Å². The molecule has 16 heavy (non-hydrogen) atoms. The zero-order valence-corrected chi connectivity index (χ0v) is 10.0. The van der Waals surface area contributed by atoms with Crippen molar-refractivity contribution >= 4 is 17.3 Å². The van der Waals surface area contributed by atoms with Gasteiger partial charge in [-0.05, 0) is 18.1 Å². The maximum absolute atomic E-state index is 12.0. The zero-order valence-electron chi connectivity index (χ0n) is 10.0. The summed E-state index contributed by atoms with van der Waals surface area (Å²) in [7, 11) is 2.04. The Balaban J connectivity index is 2.36. The third kappa shape index (κ3) is 1.90. The van der Waals surface area contributed by atoms with Crippen LogP contribution in [0.2, 0.25) is 0 Å². The Labute approximate surface area is 96.5 Å². The van der Waals surface area contributed by atoms with E-state index in [1.165, 1.54) is 0 Å². The number of carbonyl (C=O) groups excluding carboxylic acids is 1. The van der Waals surface area contributed by atoms with Crippen molar-refractivity contribution in [3.8, 4) is 0 Å². The highest BCUT2D eigenvalue weighted by molar-refractivity contribution is 5.97. The lowest BCUT2D eigenvalue weighted by Crippen LogP contribution is -2.33. The Morgan fingerprint density at radius 3 is 2.75 bits per heavy atom. The second-order valence-corrected chi connectivity index (χ2v) is 4.74. The Hall–Kier alpha value is -1.51. The number of rotatable bonds is 1. The van der Waals surface area contributed by atoms with Crippen molar-refractivity contribution in [2.75, 3.05) is 23.8 Å². The number of hydrogen-bond acceptors (Lipinski definition) is 2. The molecule has 2 rings (SSSR count). The highest BCUT2D eigenvalue weighted by atomic mass is 16.2. The molecule has 1 aromatic rings. The smallest absolute Gasteiger partial charge is 0.229 e. The van der Waals surface area contributed by atoms with Gasteiger partial charge in [-0.15, -0.1) is 0 Å². The molecule has 0 aliphatic carbocycles. The van der Waals surface area contributed by atoms with Gasteiger partial charge in [0.2, 0.25) is 5.91 Å². The second kappa shape index (κ2) is 4.16. The van der Waals surface area contributed by atoms with Crippen LogP contribution >= 0.6 is 0 Å². The third-order valence-electron chi connectivity index (χ3n) is 3.19. The van der Waals surface area contributed by atoms with Gasteiger partial charge in [0.15, 0.2) is 0 Å². The minimum atomic E-state index is 0.0531. The zero-order chi connectivity index (χ0) is 11.7. The number of carbonyl (C=O) groups is 1. The van der Waals surface area contributed by atoms with E-state index >= 15 is 0 Å². The molecule has 1 aliphatic heterocycles. The summed E-state index contributed by atoms with van der Waals surface area (Å²) in [6.45, 7) is 4.96. The molecule has 0 spiro atoms. The number of hydrogen-bond donors (Lipinski definition) is 1. The van der Waals surface area contributed by atoms with E-state index in [2.05, 4.69) is 24.1 Å². The number of nitrogens with one attached hydrogen (secondary N) is 1. The van der Waals surface area contributed by atoms with E-state index in [1.807, 2.05) is 31.3 Å². The highest BCUT2D eigenvalue weighted by Gasteiger charge is 2.28. The van der Waals surface area contributed by atoms with E-state index in [1.54, 1.807) is 0 Å². The largest absolute Gasteiger partial charge is 0.372 e. The summed E-state index contributed by atoms with van der Waals surface area (Å²) in [5, 5.41) is 3.00. The molecule has 0 fully saturated rings. The van der Waals surface area contributed by atoms with E-state index in [0.717, 1.165) is 17.9 Å². The lowest BCUT2D eigenvalue weighted by atomic mass is 9.95. The summed E-state index contributed by atoms with van der Waals surface area (Å²) in [6, 6.07) is 7.94. The third-order valence-corrected chi connectivity index (χ3v) is 3.19. The Morgan fingerprint density at radius 1 is 1.38 bits per heavy atom. The summed E-state index contributed by atoms with van der Waals surface area (Å²) in [5.74, 6) is 0.543. The number of anilines is 2. The molecule has 0 bridgehead atoms. The highest BCUT2D eigenvalue weighted by Crippen LogP contribution is 2.30. The molecule has 1 atom stereocenters. The van der Waals surface area contributed by atoms with Gasteiger partial charge < -0.3 is 10.2 Å². The fraction of sp³-hybridized carbons (Fsp3) is 0.462. The molecule has 1 N–H and O–H groups in total. The van der Waals surface area contributed by atoms with Gasteiger partial charge in [-0.1, -0.05) is 26.0 Å². The molecule has 1 aromatic carbocycles. The molecule has 1 amide bonds. The number of fused-ring (bicyclic) bond motifs is 1. The molecule has 0 saturated heterocycles. The average molecular weight is 218 g/mol. The SMILES string of the molecule is CC(C)C1CN(C)c2ccccc2NC1=O. The summed E-state index contributed by atoms with van der Waals surface area (Å²) >= 11 is 0. The number of para-hydroxylation sites is 2. The standard InChI is InChI=1S/C13H18N2O/c1-9(2)10-8-15(3)12-7-5-4-6-11(12)14-13(10)16/h4-7,9-10H,8H2,1-3H3,(H,14,16). The van der Waals surface area contributed by atoms with E-state index in [-0.39, 0.29) is 11.8 Å². The Kier molecular flexibility index (Phi) is 2.86. The van der Waals surface area contributed by atoms with Crippen LogP contribution in [-0.2, 0) is 4.79 Å². The minimum absolute atomic E-state index is 0.0531. The van der Waals surface area contributed by atoms with E-state index in [9.17, 15) is 4.79 Å².